The van der Waals surface area contributed by atoms with Crippen LogP contribution in [0.3, 0.4) is 0 Å². The van der Waals surface area contributed by atoms with Gasteiger partial charge < -0.3 is 10.6 Å². The highest BCUT2D eigenvalue weighted by atomic mass is 127. The van der Waals surface area contributed by atoms with Crippen LogP contribution in [0.1, 0.15) is 12.5 Å². The molecule has 2 N–H and O–H groups in total. The summed E-state index contributed by atoms with van der Waals surface area (Å²) in [6.07, 6.45) is 0. The molecule has 1 unspecified atom stereocenters. The smallest absolute Gasteiger partial charge is 0.191 e. The van der Waals surface area contributed by atoms with Gasteiger partial charge in [-0.1, -0.05) is 30.3 Å². The van der Waals surface area contributed by atoms with Gasteiger partial charge in [0, 0.05) is 51.9 Å². The molecule has 0 amide bonds. The average Bonchev–Trinajstić information content (AvgIpc) is 2.59. The summed E-state index contributed by atoms with van der Waals surface area (Å²) < 4.78 is 0. The van der Waals surface area contributed by atoms with E-state index >= 15 is 0 Å². The first-order valence-electron chi connectivity index (χ1n) is 8.37. The Balaban J connectivity index is 0.00000192. The van der Waals surface area contributed by atoms with Crippen LogP contribution in [0.15, 0.2) is 35.3 Å². The van der Waals surface area contributed by atoms with Gasteiger partial charge >= 0.3 is 0 Å². The molecule has 6 heteroatoms. The van der Waals surface area contributed by atoms with Crippen molar-refractivity contribution < 1.29 is 0 Å². The Morgan fingerprint density at radius 1 is 1.13 bits per heavy atom. The van der Waals surface area contributed by atoms with Crippen molar-refractivity contribution in [3.63, 3.8) is 0 Å². The molecule has 3 aliphatic rings. The summed E-state index contributed by atoms with van der Waals surface area (Å²) in [5, 5.41) is 6.86. The van der Waals surface area contributed by atoms with Crippen LogP contribution in [0.4, 0.5) is 0 Å². The van der Waals surface area contributed by atoms with Crippen molar-refractivity contribution in [2.45, 2.75) is 19.5 Å². The fourth-order valence-electron chi connectivity index (χ4n) is 3.23. The van der Waals surface area contributed by atoms with E-state index in [0.717, 1.165) is 25.6 Å². The molecule has 4 rings (SSSR count). The fourth-order valence-corrected chi connectivity index (χ4v) is 3.23. The van der Waals surface area contributed by atoms with Gasteiger partial charge in [-0.2, -0.15) is 0 Å². The zero-order valence-electron chi connectivity index (χ0n) is 13.9. The largest absolute Gasteiger partial charge is 0.357 e. The maximum atomic E-state index is 4.69. The highest BCUT2D eigenvalue weighted by molar-refractivity contribution is 14.0. The number of nitrogens with zero attached hydrogens (tertiary/aromatic N) is 3. The predicted molar refractivity (Wildman–Crippen MR) is 106 cm³/mol. The molecule has 23 heavy (non-hydrogen) atoms. The second-order valence-corrected chi connectivity index (χ2v) is 6.05. The van der Waals surface area contributed by atoms with E-state index < -0.39 is 0 Å². The maximum absolute atomic E-state index is 4.69. The van der Waals surface area contributed by atoms with Crippen molar-refractivity contribution in [1.29, 1.82) is 0 Å². The minimum atomic E-state index is 0. The number of hydrogen-bond donors (Lipinski definition) is 2. The third-order valence-corrected chi connectivity index (χ3v) is 4.50. The van der Waals surface area contributed by atoms with Crippen LogP contribution in [0, 0.1) is 0 Å². The highest BCUT2D eigenvalue weighted by Crippen LogP contribution is 2.14. The number of benzene rings is 1. The van der Waals surface area contributed by atoms with Gasteiger partial charge in [-0.15, -0.1) is 24.0 Å². The number of piperazine rings is 3. The maximum Gasteiger partial charge on any atom is 0.191 e. The molecule has 2 bridgehead atoms. The lowest BCUT2D eigenvalue weighted by molar-refractivity contribution is 0.0154. The van der Waals surface area contributed by atoms with Gasteiger partial charge in [0.1, 0.15) is 0 Å². The average molecular weight is 429 g/mol. The zero-order chi connectivity index (χ0) is 15.2. The predicted octanol–water partition coefficient (Wildman–Crippen LogP) is 1.36. The van der Waals surface area contributed by atoms with E-state index in [4.69, 9.17) is 4.99 Å². The third-order valence-electron chi connectivity index (χ3n) is 4.50. The molecular weight excluding hydrogens is 401 g/mol. The Hall–Kier alpha value is -0.860. The van der Waals surface area contributed by atoms with Crippen molar-refractivity contribution in [1.82, 2.24) is 20.4 Å². The molecule has 0 aliphatic carbocycles. The first-order valence-corrected chi connectivity index (χ1v) is 8.37. The lowest BCUT2D eigenvalue weighted by Crippen LogP contribution is -2.63. The van der Waals surface area contributed by atoms with E-state index in [1.165, 1.54) is 38.3 Å². The van der Waals surface area contributed by atoms with E-state index in [9.17, 15) is 0 Å². The van der Waals surface area contributed by atoms with Gasteiger partial charge in [-0.25, -0.2) is 4.99 Å². The SMILES string of the molecule is CCNC(=NCc1ccccc1)NCC1CN2CCN1CC2.I. The van der Waals surface area contributed by atoms with E-state index in [1.807, 2.05) is 6.07 Å². The fraction of sp³-hybridized carbons (Fsp3) is 0.588. The van der Waals surface area contributed by atoms with E-state index in [1.54, 1.807) is 0 Å². The number of aliphatic imine (C=N–C) groups is 1. The Kier molecular flexibility index (Phi) is 7.58. The van der Waals surface area contributed by atoms with Crippen molar-refractivity contribution in [3.8, 4) is 0 Å². The molecule has 3 heterocycles. The molecule has 3 saturated heterocycles. The van der Waals surface area contributed by atoms with Gasteiger partial charge in [0.2, 0.25) is 0 Å². The minimum Gasteiger partial charge on any atom is -0.357 e. The normalized spacial score (nSPS) is 26.5. The van der Waals surface area contributed by atoms with Crippen LogP contribution in [0.2, 0.25) is 0 Å². The molecule has 3 fully saturated rings. The van der Waals surface area contributed by atoms with Crippen LogP contribution in [0.5, 0.6) is 0 Å². The second-order valence-electron chi connectivity index (χ2n) is 6.05. The van der Waals surface area contributed by atoms with E-state index in [0.29, 0.717) is 6.04 Å². The van der Waals surface area contributed by atoms with Crippen LogP contribution in [-0.2, 0) is 6.54 Å². The standard InChI is InChI=1S/C17H27N5.HI/c1-2-18-17(19-12-15-6-4-3-5-7-15)20-13-16-14-21-8-10-22(16)11-9-21;/h3-7,16H,2,8-14H2,1H3,(H2,18,19,20);1H. The summed E-state index contributed by atoms with van der Waals surface area (Å²) in [7, 11) is 0. The number of halogens is 1. The number of fused-ring (bicyclic) bond motifs is 3. The van der Waals surface area contributed by atoms with E-state index in [2.05, 4.69) is 51.6 Å². The first-order chi connectivity index (χ1) is 10.8. The Bertz CT molecular complexity index is 485. The van der Waals surface area contributed by atoms with Crippen molar-refractivity contribution in [3.05, 3.63) is 35.9 Å². The van der Waals surface area contributed by atoms with E-state index in [-0.39, 0.29) is 24.0 Å². The molecule has 0 aromatic heterocycles. The molecule has 1 aromatic rings. The number of nitrogens with one attached hydrogen (secondary N) is 2. The highest BCUT2D eigenvalue weighted by Gasteiger charge is 2.31. The zero-order valence-corrected chi connectivity index (χ0v) is 16.2. The Morgan fingerprint density at radius 3 is 2.48 bits per heavy atom. The molecule has 0 radical (unpaired) electrons. The Labute approximate surface area is 156 Å². The van der Waals surface area contributed by atoms with Crippen LogP contribution in [-0.4, -0.2) is 67.6 Å². The monoisotopic (exact) mass is 429 g/mol. The molecule has 0 saturated carbocycles. The van der Waals surface area contributed by atoms with Crippen molar-refractivity contribution >= 4 is 29.9 Å². The topological polar surface area (TPSA) is 42.9 Å². The molecule has 1 atom stereocenters. The summed E-state index contributed by atoms with van der Waals surface area (Å²) in [4.78, 5) is 9.87. The summed E-state index contributed by atoms with van der Waals surface area (Å²) in [6.45, 7) is 10.8. The summed E-state index contributed by atoms with van der Waals surface area (Å²) in [5.41, 5.74) is 1.24. The number of rotatable bonds is 5. The summed E-state index contributed by atoms with van der Waals surface area (Å²) >= 11 is 0. The summed E-state index contributed by atoms with van der Waals surface area (Å²) in [5.74, 6) is 0.920. The number of guanidine groups is 1. The lowest BCUT2D eigenvalue weighted by Gasteiger charge is -2.47. The van der Waals surface area contributed by atoms with Crippen LogP contribution < -0.4 is 10.6 Å². The molecule has 0 spiro atoms. The lowest BCUT2D eigenvalue weighted by atomic mass is 10.1. The van der Waals surface area contributed by atoms with Gasteiger partial charge in [-0.05, 0) is 12.5 Å². The summed E-state index contributed by atoms with van der Waals surface area (Å²) in [6, 6.07) is 11.0. The molecule has 1 aromatic carbocycles. The Morgan fingerprint density at radius 2 is 1.87 bits per heavy atom. The van der Waals surface area contributed by atoms with Crippen molar-refractivity contribution in [2.75, 3.05) is 45.8 Å². The van der Waals surface area contributed by atoms with Crippen LogP contribution in [0.25, 0.3) is 0 Å². The first kappa shape index (κ1) is 18.5. The van der Waals surface area contributed by atoms with Gasteiger partial charge in [0.05, 0.1) is 6.54 Å². The van der Waals surface area contributed by atoms with Crippen LogP contribution >= 0.6 is 24.0 Å². The third kappa shape index (κ3) is 5.32. The van der Waals surface area contributed by atoms with Gasteiger partial charge in [0.15, 0.2) is 5.96 Å². The van der Waals surface area contributed by atoms with Gasteiger partial charge in [0.25, 0.3) is 0 Å². The molecule has 3 aliphatic heterocycles. The quantitative estimate of drug-likeness (QED) is 0.422. The number of hydrogen-bond acceptors (Lipinski definition) is 3. The molecule has 5 nitrogen and oxygen atoms in total. The minimum absolute atomic E-state index is 0. The molecular formula is C17H28IN5. The second kappa shape index (κ2) is 9.44. The van der Waals surface area contributed by atoms with Crippen molar-refractivity contribution in [2.24, 2.45) is 4.99 Å². The molecule has 128 valence electrons. The van der Waals surface area contributed by atoms with Gasteiger partial charge in [-0.3, -0.25) is 9.80 Å².